The van der Waals surface area contributed by atoms with Crippen molar-refractivity contribution in [1.29, 1.82) is 0 Å². The first kappa shape index (κ1) is 11.7. The van der Waals surface area contributed by atoms with Gasteiger partial charge in [0.25, 0.3) is 0 Å². The largest absolute Gasteiger partial charge is 0.488 e. The van der Waals surface area contributed by atoms with Crippen LogP contribution in [0, 0.1) is 5.82 Å². The third-order valence-electron chi connectivity index (χ3n) is 2.29. The van der Waals surface area contributed by atoms with E-state index in [1.165, 1.54) is 30.4 Å². The molecule has 0 spiro atoms. The minimum absolute atomic E-state index is 0.223. The van der Waals surface area contributed by atoms with E-state index in [-0.39, 0.29) is 6.61 Å². The van der Waals surface area contributed by atoms with E-state index in [9.17, 15) is 9.18 Å². The highest BCUT2D eigenvalue weighted by Gasteiger charge is 2.17. The molecule has 1 amide bonds. The molecule has 0 fully saturated rings. The van der Waals surface area contributed by atoms with Crippen LogP contribution >= 0.6 is 11.6 Å². The topological polar surface area (TPSA) is 52.3 Å². The van der Waals surface area contributed by atoms with Crippen molar-refractivity contribution in [2.75, 3.05) is 6.61 Å². The zero-order chi connectivity index (χ0) is 12.4. The van der Waals surface area contributed by atoms with Gasteiger partial charge in [0, 0.05) is 17.2 Å². The molecule has 2 rings (SSSR count). The molecule has 88 valence electrons. The zero-order valence-corrected chi connectivity index (χ0v) is 9.50. The number of amides is 1. The van der Waals surface area contributed by atoms with E-state index in [0.717, 1.165) is 0 Å². The van der Waals surface area contributed by atoms with E-state index in [4.69, 9.17) is 22.1 Å². The molecule has 5 heteroatoms. The van der Waals surface area contributed by atoms with Crippen LogP contribution in [-0.2, 0) is 4.79 Å². The average Bonchev–Trinajstić information content (AvgIpc) is 2.29. The lowest BCUT2D eigenvalue weighted by Crippen LogP contribution is -2.10. The number of benzene rings is 1. The summed E-state index contributed by atoms with van der Waals surface area (Å²) in [5, 5.41) is 0.364. The molecule has 0 aliphatic carbocycles. The van der Waals surface area contributed by atoms with Gasteiger partial charge in [-0.05, 0) is 24.3 Å². The average molecular weight is 254 g/mol. The molecule has 0 radical (unpaired) electrons. The molecule has 0 unspecified atom stereocenters. The van der Waals surface area contributed by atoms with E-state index < -0.39 is 11.7 Å². The van der Waals surface area contributed by atoms with Gasteiger partial charge in [-0.3, -0.25) is 4.79 Å². The number of ether oxygens (including phenoxy) is 1. The van der Waals surface area contributed by atoms with Crippen LogP contribution in [0.25, 0.3) is 5.03 Å². The first-order chi connectivity index (χ1) is 8.08. The Morgan fingerprint density at radius 1 is 1.53 bits per heavy atom. The Morgan fingerprint density at radius 3 is 3.00 bits per heavy atom. The van der Waals surface area contributed by atoms with Crippen LogP contribution in [0.5, 0.6) is 5.75 Å². The number of hydrogen-bond donors (Lipinski definition) is 1. The predicted octanol–water partition coefficient (Wildman–Crippen LogP) is 2.21. The number of halogens is 2. The minimum atomic E-state index is -0.577. The first-order valence-electron chi connectivity index (χ1n) is 4.87. The van der Waals surface area contributed by atoms with Gasteiger partial charge in [0.1, 0.15) is 18.2 Å². The van der Waals surface area contributed by atoms with Crippen molar-refractivity contribution in [2.45, 2.75) is 0 Å². The first-order valence-corrected chi connectivity index (χ1v) is 5.24. The molecule has 2 N–H and O–H groups in total. The highest BCUT2D eigenvalue weighted by molar-refractivity contribution is 6.50. The standard InChI is InChI=1S/C12H9ClFNO2/c13-12-7(1-4-11(15)16)6-17-10-3-2-8(14)5-9(10)12/h1-5H,6H2,(H2,15,16)/b4-1-. The molecule has 1 aliphatic rings. The smallest absolute Gasteiger partial charge is 0.241 e. The molecule has 0 atom stereocenters. The predicted molar refractivity (Wildman–Crippen MR) is 63.0 cm³/mol. The molecule has 1 aromatic carbocycles. The second kappa shape index (κ2) is 4.59. The van der Waals surface area contributed by atoms with Crippen molar-refractivity contribution in [3.05, 3.63) is 47.3 Å². The Morgan fingerprint density at radius 2 is 2.29 bits per heavy atom. The van der Waals surface area contributed by atoms with Crippen LogP contribution in [0.2, 0.25) is 0 Å². The van der Waals surface area contributed by atoms with Crippen LogP contribution in [0.1, 0.15) is 5.56 Å². The summed E-state index contributed by atoms with van der Waals surface area (Å²) in [4.78, 5) is 10.6. The number of fused-ring (bicyclic) bond motifs is 1. The molecule has 1 heterocycles. The summed E-state index contributed by atoms with van der Waals surface area (Å²) in [7, 11) is 0. The van der Waals surface area contributed by atoms with Gasteiger partial charge in [0.15, 0.2) is 0 Å². The molecule has 1 aromatic rings. The lowest BCUT2D eigenvalue weighted by molar-refractivity contribution is -0.113. The quantitative estimate of drug-likeness (QED) is 0.822. The van der Waals surface area contributed by atoms with E-state index in [1.807, 2.05) is 0 Å². The van der Waals surface area contributed by atoms with Crippen molar-refractivity contribution in [2.24, 2.45) is 5.73 Å². The maximum Gasteiger partial charge on any atom is 0.241 e. The van der Waals surface area contributed by atoms with Crippen molar-refractivity contribution in [1.82, 2.24) is 0 Å². The van der Waals surface area contributed by atoms with Crippen LogP contribution in [0.4, 0.5) is 4.39 Å². The second-order valence-electron chi connectivity index (χ2n) is 3.50. The minimum Gasteiger partial charge on any atom is -0.488 e. The van der Waals surface area contributed by atoms with Crippen molar-refractivity contribution < 1.29 is 13.9 Å². The van der Waals surface area contributed by atoms with Gasteiger partial charge in [0.05, 0.1) is 5.03 Å². The number of carbonyl (C=O) groups excluding carboxylic acids is 1. The molecule has 17 heavy (non-hydrogen) atoms. The normalized spacial score (nSPS) is 14.7. The molecule has 3 nitrogen and oxygen atoms in total. The molecule has 0 aromatic heterocycles. The highest BCUT2D eigenvalue weighted by atomic mass is 35.5. The third-order valence-corrected chi connectivity index (χ3v) is 2.74. The Bertz CT molecular complexity index is 537. The maximum absolute atomic E-state index is 13.1. The lowest BCUT2D eigenvalue weighted by Gasteiger charge is -2.18. The number of primary amides is 1. The lowest BCUT2D eigenvalue weighted by atomic mass is 10.1. The van der Waals surface area contributed by atoms with Crippen molar-refractivity contribution in [3.63, 3.8) is 0 Å². The zero-order valence-electron chi connectivity index (χ0n) is 8.74. The summed E-state index contributed by atoms with van der Waals surface area (Å²) >= 11 is 6.10. The fourth-order valence-corrected chi connectivity index (χ4v) is 1.76. The second-order valence-corrected chi connectivity index (χ2v) is 3.88. The Kier molecular flexibility index (Phi) is 3.15. The van der Waals surface area contributed by atoms with Gasteiger partial charge < -0.3 is 10.5 Å². The van der Waals surface area contributed by atoms with Gasteiger partial charge in [-0.1, -0.05) is 11.6 Å². The SMILES string of the molecule is NC(=O)/C=C\C1=C(Cl)c2cc(F)ccc2OC1. The number of nitrogens with two attached hydrogens (primary N) is 1. The summed E-state index contributed by atoms with van der Waals surface area (Å²) in [6, 6.07) is 4.10. The molecule has 0 saturated heterocycles. The molecule has 1 aliphatic heterocycles. The summed E-state index contributed by atoms with van der Waals surface area (Å²) in [6.45, 7) is 0.223. The fourth-order valence-electron chi connectivity index (χ4n) is 1.50. The van der Waals surface area contributed by atoms with Gasteiger partial charge in [-0.2, -0.15) is 0 Å². The number of hydrogen-bond acceptors (Lipinski definition) is 2. The Balaban J connectivity index is 2.43. The van der Waals surface area contributed by atoms with Crippen LogP contribution in [-0.4, -0.2) is 12.5 Å². The van der Waals surface area contributed by atoms with Crippen molar-refractivity contribution in [3.8, 4) is 5.75 Å². The molecular weight excluding hydrogens is 245 g/mol. The van der Waals surface area contributed by atoms with E-state index in [2.05, 4.69) is 0 Å². The van der Waals surface area contributed by atoms with Crippen LogP contribution in [0.3, 0.4) is 0 Å². The van der Waals surface area contributed by atoms with Gasteiger partial charge in [-0.25, -0.2) is 4.39 Å². The Hall–Kier alpha value is -1.81. The highest BCUT2D eigenvalue weighted by Crippen LogP contribution is 2.36. The van der Waals surface area contributed by atoms with Crippen LogP contribution < -0.4 is 10.5 Å². The number of rotatable bonds is 2. The maximum atomic E-state index is 13.1. The van der Waals surface area contributed by atoms with E-state index >= 15 is 0 Å². The van der Waals surface area contributed by atoms with Crippen LogP contribution in [0.15, 0.2) is 35.9 Å². The monoisotopic (exact) mass is 253 g/mol. The summed E-state index contributed by atoms with van der Waals surface area (Å²) in [5.41, 5.74) is 6.04. The third kappa shape index (κ3) is 2.47. The van der Waals surface area contributed by atoms with Gasteiger partial charge in [-0.15, -0.1) is 0 Å². The van der Waals surface area contributed by atoms with E-state index in [0.29, 0.717) is 21.9 Å². The summed E-state index contributed by atoms with van der Waals surface area (Å²) in [5.74, 6) is -0.453. The van der Waals surface area contributed by atoms with Crippen molar-refractivity contribution >= 4 is 22.5 Å². The number of carbonyl (C=O) groups is 1. The van der Waals surface area contributed by atoms with E-state index in [1.54, 1.807) is 0 Å². The molecule has 0 bridgehead atoms. The molecule has 0 saturated carbocycles. The Labute approximate surface area is 102 Å². The van der Waals surface area contributed by atoms with Gasteiger partial charge in [0.2, 0.25) is 5.91 Å². The summed E-state index contributed by atoms with van der Waals surface area (Å²) < 4.78 is 18.5. The fraction of sp³-hybridized carbons (Fsp3) is 0.0833. The molecular formula is C12H9ClFNO2. The summed E-state index contributed by atoms with van der Waals surface area (Å²) in [6.07, 6.45) is 2.66. The van der Waals surface area contributed by atoms with Gasteiger partial charge >= 0.3 is 0 Å².